The molecule has 0 aliphatic rings. The van der Waals surface area contributed by atoms with Crippen LogP contribution in [0.25, 0.3) is 0 Å². The number of unbranched alkanes of at least 4 members (excludes halogenated alkanes) is 2. The van der Waals surface area contributed by atoms with Crippen LogP contribution < -0.4 is 15.8 Å². The van der Waals surface area contributed by atoms with Crippen molar-refractivity contribution in [2.75, 3.05) is 18.5 Å². The largest absolute Gasteiger partial charge is 0.492 e. The lowest BCUT2D eigenvalue weighted by Gasteiger charge is -2.11. The molecule has 0 aromatic heterocycles. The Morgan fingerprint density at radius 3 is 2.84 bits per heavy atom. The fraction of sp³-hybridized carbons (Fsp3) is 0.500. The van der Waals surface area contributed by atoms with Gasteiger partial charge in [-0.05, 0) is 44.5 Å². The number of ether oxygens (including phenoxy) is 1. The van der Waals surface area contributed by atoms with E-state index in [9.17, 15) is 4.79 Å². The quantitative estimate of drug-likeness (QED) is 0.721. The van der Waals surface area contributed by atoms with Crippen LogP contribution in [0.2, 0.25) is 5.02 Å². The Labute approximate surface area is 119 Å². The second kappa shape index (κ2) is 8.77. The molecule has 0 aliphatic carbocycles. The first-order valence-electron chi connectivity index (χ1n) is 6.59. The zero-order valence-electron chi connectivity index (χ0n) is 11.2. The number of halogens is 1. The summed E-state index contributed by atoms with van der Waals surface area (Å²) in [5.74, 6) is 0.613. The monoisotopic (exact) mass is 284 g/mol. The normalized spacial score (nSPS) is 10.3. The van der Waals surface area contributed by atoms with E-state index < -0.39 is 0 Å². The van der Waals surface area contributed by atoms with Crippen LogP contribution in [0.4, 0.5) is 5.69 Å². The van der Waals surface area contributed by atoms with Crippen molar-refractivity contribution in [3.63, 3.8) is 0 Å². The van der Waals surface area contributed by atoms with E-state index in [1.165, 1.54) is 0 Å². The molecule has 5 heteroatoms. The molecule has 0 unspecified atom stereocenters. The topological polar surface area (TPSA) is 64.3 Å². The Bertz CT molecular complexity index is 410. The van der Waals surface area contributed by atoms with Crippen molar-refractivity contribution < 1.29 is 9.53 Å². The van der Waals surface area contributed by atoms with Crippen molar-refractivity contribution in [1.82, 2.24) is 0 Å². The minimum absolute atomic E-state index is 0.0276. The van der Waals surface area contributed by atoms with Crippen molar-refractivity contribution in [3.8, 4) is 5.75 Å². The maximum atomic E-state index is 11.8. The third kappa shape index (κ3) is 5.94. The van der Waals surface area contributed by atoms with E-state index in [1.807, 2.05) is 6.92 Å². The van der Waals surface area contributed by atoms with Gasteiger partial charge in [0.2, 0.25) is 5.91 Å². The Kier molecular flexibility index (Phi) is 7.30. The van der Waals surface area contributed by atoms with Gasteiger partial charge in [-0.1, -0.05) is 18.0 Å². The molecule has 4 nitrogen and oxygen atoms in total. The number of nitrogens with two attached hydrogens (primary N) is 1. The fourth-order valence-electron chi connectivity index (χ4n) is 1.70. The molecule has 1 rings (SSSR count). The number of anilines is 1. The summed E-state index contributed by atoms with van der Waals surface area (Å²) in [5, 5.41) is 3.40. The van der Waals surface area contributed by atoms with E-state index in [1.54, 1.807) is 18.2 Å². The number of carbonyl (C=O) groups is 1. The van der Waals surface area contributed by atoms with Crippen molar-refractivity contribution in [2.24, 2.45) is 5.73 Å². The molecular weight excluding hydrogens is 264 g/mol. The van der Waals surface area contributed by atoms with Gasteiger partial charge in [-0.15, -0.1) is 0 Å². The molecule has 1 aromatic carbocycles. The maximum Gasteiger partial charge on any atom is 0.224 e. The standard InChI is InChI=1S/C14H21ClN2O2/c1-2-19-13-8-7-11(15)10-12(13)17-14(18)6-4-3-5-9-16/h7-8,10H,2-6,9,16H2,1H3,(H,17,18). The Balaban J connectivity index is 2.54. The molecule has 0 aliphatic heterocycles. The molecule has 19 heavy (non-hydrogen) atoms. The smallest absolute Gasteiger partial charge is 0.224 e. The van der Waals surface area contributed by atoms with Gasteiger partial charge in [0.15, 0.2) is 0 Å². The molecule has 0 radical (unpaired) electrons. The van der Waals surface area contributed by atoms with Crippen molar-refractivity contribution in [3.05, 3.63) is 23.2 Å². The zero-order valence-corrected chi connectivity index (χ0v) is 12.0. The highest BCUT2D eigenvalue weighted by molar-refractivity contribution is 6.31. The van der Waals surface area contributed by atoms with E-state index in [0.717, 1.165) is 19.3 Å². The van der Waals surface area contributed by atoms with Crippen LogP contribution in [0.15, 0.2) is 18.2 Å². The molecule has 1 aromatic rings. The van der Waals surface area contributed by atoms with Gasteiger partial charge in [0, 0.05) is 11.4 Å². The van der Waals surface area contributed by atoms with Gasteiger partial charge in [0.25, 0.3) is 0 Å². The molecule has 0 saturated carbocycles. The molecule has 106 valence electrons. The van der Waals surface area contributed by atoms with E-state index in [-0.39, 0.29) is 5.91 Å². The van der Waals surface area contributed by atoms with Crippen molar-refractivity contribution >= 4 is 23.2 Å². The summed E-state index contributed by atoms with van der Waals surface area (Å²) in [7, 11) is 0. The second-order valence-electron chi connectivity index (χ2n) is 4.22. The Morgan fingerprint density at radius 2 is 2.16 bits per heavy atom. The lowest BCUT2D eigenvalue weighted by atomic mass is 10.2. The van der Waals surface area contributed by atoms with E-state index in [0.29, 0.717) is 36.0 Å². The third-order valence-corrected chi connectivity index (χ3v) is 2.86. The van der Waals surface area contributed by atoms with Gasteiger partial charge in [-0.3, -0.25) is 4.79 Å². The summed E-state index contributed by atoms with van der Waals surface area (Å²) in [6.45, 7) is 3.11. The van der Waals surface area contributed by atoms with Crippen LogP contribution in [-0.2, 0) is 4.79 Å². The van der Waals surface area contributed by atoms with Gasteiger partial charge in [-0.2, -0.15) is 0 Å². The van der Waals surface area contributed by atoms with Crippen molar-refractivity contribution in [2.45, 2.75) is 32.6 Å². The number of carbonyl (C=O) groups excluding carboxylic acids is 1. The molecule has 0 bridgehead atoms. The van der Waals surface area contributed by atoms with E-state index in [2.05, 4.69) is 5.32 Å². The molecular formula is C14H21ClN2O2. The molecule has 3 N–H and O–H groups in total. The van der Waals surface area contributed by atoms with Crippen LogP contribution >= 0.6 is 11.6 Å². The average Bonchev–Trinajstić information content (AvgIpc) is 2.38. The Hall–Kier alpha value is -1.26. The van der Waals surface area contributed by atoms with Gasteiger partial charge in [0.1, 0.15) is 5.75 Å². The minimum Gasteiger partial charge on any atom is -0.492 e. The van der Waals surface area contributed by atoms with Gasteiger partial charge < -0.3 is 15.8 Å². The maximum absolute atomic E-state index is 11.8. The molecule has 0 heterocycles. The first-order chi connectivity index (χ1) is 9.17. The summed E-state index contributed by atoms with van der Waals surface area (Å²) in [4.78, 5) is 11.8. The lowest BCUT2D eigenvalue weighted by Crippen LogP contribution is -2.12. The predicted molar refractivity (Wildman–Crippen MR) is 78.8 cm³/mol. The van der Waals surface area contributed by atoms with Crippen LogP contribution in [0.5, 0.6) is 5.75 Å². The highest BCUT2D eigenvalue weighted by Gasteiger charge is 2.08. The number of nitrogens with one attached hydrogen (secondary N) is 1. The van der Waals surface area contributed by atoms with Crippen LogP contribution in [0, 0.1) is 0 Å². The highest BCUT2D eigenvalue weighted by atomic mass is 35.5. The average molecular weight is 285 g/mol. The van der Waals surface area contributed by atoms with E-state index in [4.69, 9.17) is 22.1 Å². The van der Waals surface area contributed by atoms with E-state index >= 15 is 0 Å². The summed E-state index contributed by atoms with van der Waals surface area (Å²) in [6, 6.07) is 5.20. The summed E-state index contributed by atoms with van der Waals surface area (Å²) < 4.78 is 5.45. The predicted octanol–water partition coefficient (Wildman–Crippen LogP) is 3.20. The number of hydrogen-bond donors (Lipinski definition) is 2. The molecule has 0 atom stereocenters. The molecule has 0 saturated heterocycles. The summed E-state index contributed by atoms with van der Waals surface area (Å²) in [6.07, 6.45) is 3.25. The minimum atomic E-state index is -0.0276. The number of hydrogen-bond acceptors (Lipinski definition) is 3. The summed E-state index contributed by atoms with van der Waals surface area (Å²) >= 11 is 5.93. The molecule has 0 spiro atoms. The zero-order chi connectivity index (χ0) is 14.1. The number of rotatable bonds is 8. The Morgan fingerprint density at radius 1 is 1.37 bits per heavy atom. The first kappa shape index (κ1) is 15.8. The second-order valence-corrected chi connectivity index (χ2v) is 4.66. The van der Waals surface area contributed by atoms with Crippen LogP contribution in [0.1, 0.15) is 32.6 Å². The van der Waals surface area contributed by atoms with Crippen LogP contribution in [-0.4, -0.2) is 19.1 Å². The lowest BCUT2D eigenvalue weighted by molar-refractivity contribution is -0.116. The SMILES string of the molecule is CCOc1ccc(Cl)cc1NC(=O)CCCCCN. The van der Waals surface area contributed by atoms with Crippen LogP contribution in [0.3, 0.4) is 0 Å². The van der Waals surface area contributed by atoms with Gasteiger partial charge >= 0.3 is 0 Å². The number of amides is 1. The van der Waals surface area contributed by atoms with Crippen molar-refractivity contribution in [1.29, 1.82) is 0 Å². The van der Waals surface area contributed by atoms with Gasteiger partial charge in [0.05, 0.1) is 12.3 Å². The molecule has 0 fully saturated rings. The highest BCUT2D eigenvalue weighted by Crippen LogP contribution is 2.28. The van der Waals surface area contributed by atoms with Gasteiger partial charge in [-0.25, -0.2) is 0 Å². The number of benzene rings is 1. The third-order valence-electron chi connectivity index (χ3n) is 2.62. The molecule has 1 amide bonds. The fourth-order valence-corrected chi connectivity index (χ4v) is 1.87. The summed E-state index contributed by atoms with van der Waals surface area (Å²) in [5.41, 5.74) is 6.03. The first-order valence-corrected chi connectivity index (χ1v) is 6.97.